The fourth-order valence-corrected chi connectivity index (χ4v) is 3.65. The van der Waals surface area contributed by atoms with Crippen LogP contribution in [0.1, 0.15) is 35.7 Å². The van der Waals surface area contributed by atoms with E-state index < -0.39 is 6.10 Å². The first-order chi connectivity index (χ1) is 11.9. The average molecular weight is 343 g/mol. The SMILES string of the molecule is COC(C)C(=O)N1CC2CCC1CN2C(=O)c1cc(O)cc(C#N)c1. The van der Waals surface area contributed by atoms with Gasteiger partial charge in [-0.3, -0.25) is 9.59 Å². The van der Waals surface area contributed by atoms with Gasteiger partial charge in [0.25, 0.3) is 11.8 Å². The Bertz CT molecular complexity index is 742. The topological polar surface area (TPSA) is 93.9 Å². The number of amides is 2. The average Bonchev–Trinajstić information content (AvgIpc) is 2.65. The van der Waals surface area contributed by atoms with E-state index in [9.17, 15) is 14.7 Å². The van der Waals surface area contributed by atoms with Gasteiger partial charge in [0.15, 0.2) is 0 Å². The number of hydrogen-bond donors (Lipinski definition) is 1. The molecular formula is C18H21N3O4. The Morgan fingerprint density at radius 1 is 1.24 bits per heavy atom. The van der Waals surface area contributed by atoms with Crippen molar-refractivity contribution in [2.24, 2.45) is 0 Å². The number of ether oxygens (including phenoxy) is 1. The number of fused-ring (bicyclic) bond motifs is 3. The smallest absolute Gasteiger partial charge is 0.254 e. The maximum atomic E-state index is 12.9. The van der Waals surface area contributed by atoms with Crippen molar-refractivity contribution < 1.29 is 19.4 Å². The summed E-state index contributed by atoms with van der Waals surface area (Å²) in [5.41, 5.74) is 0.545. The second-order valence-corrected chi connectivity index (χ2v) is 6.59. The van der Waals surface area contributed by atoms with E-state index in [-0.39, 0.29) is 35.2 Å². The van der Waals surface area contributed by atoms with Crippen LogP contribution in [0.2, 0.25) is 0 Å². The first-order valence-electron chi connectivity index (χ1n) is 8.33. The molecular weight excluding hydrogens is 322 g/mol. The van der Waals surface area contributed by atoms with Gasteiger partial charge in [-0.25, -0.2) is 0 Å². The molecule has 2 amide bonds. The van der Waals surface area contributed by atoms with Crippen LogP contribution in [0.15, 0.2) is 18.2 Å². The van der Waals surface area contributed by atoms with Gasteiger partial charge in [0.1, 0.15) is 11.9 Å². The molecule has 3 unspecified atom stereocenters. The molecule has 3 saturated heterocycles. The molecule has 0 spiro atoms. The van der Waals surface area contributed by atoms with E-state index in [0.29, 0.717) is 18.7 Å². The summed E-state index contributed by atoms with van der Waals surface area (Å²) in [6.45, 7) is 2.68. The number of phenols is 1. The summed E-state index contributed by atoms with van der Waals surface area (Å²) in [5, 5.41) is 18.7. The molecule has 0 aliphatic carbocycles. The monoisotopic (exact) mass is 343 g/mol. The third-order valence-electron chi connectivity index (χ3n) is 5.07. The molecule has 0 radical (unpaired) electrons. The van der Waals surface area contributed by atoms with Gasteiger partial charge in [-0.05, 0) is 38.0 Å². The molecule has 0 saturated carbocycles. The molecule has 0 aromatic heterocycles. The molecule has 1 aromatic rings. The predicted octanol–water partition coefficient (Wildman–Crippen LogP) is 1.11. The summed E-state index contributed by atoms with van der Waals surface area (Å²) >= 11 is 0. The van der Waals surface area contributed by atoms with E-state index in [2.05, 4.69) is 0 Å². The lowest BCUT2D eigenvalue weighted by Crippen LogP contribution is -2.66. The van der Waals surface area contributed by atoms with Gasteiger partial charge in [-0.1, -0.05) is 0 Å². The number of nitrogens with zero attached hydrogens (tertiary/aromatic N) is 3. The van der Waals surface area contributed by atoms with Crippen molar-refractivity contribution in [3.8, 4) is 11.8 Å². The Balaban J connectivity index is 1.78. The predicted molar refractivity (Wildman–Crippen MR) is 88.9 cm³/mol. The van der Waals surface area contributed by atoms with Crippen molar-refractivity contribution in [3.63, 3.8) is 0 Å². The van der Waals surface area contributed by atoms with E-state index >= 15 is 0 Å². The molecule has 3 aliphatic heterocycles. The zero-order valence-corrected chi connectivity index (χ0v) is 14.3. The number of aromatic hydroxyl groups is 1. The molecule has 3 heterocycles. The summed E-state index contributed by atoms with van der Waals surface area (Å²) < 4.78 is 5.13. The van der Waals surface area contributed by atoms with Crippen LogP contribution in [-0.4, -0.2) is 65.1 Å². The van der Waals surface area contributed by atoms with Crippen molar-refractivity contribution in [1.82, 2.24) is 9.80 Å². The van der Waals surface area contributed by atoms with E-state index in [0.717, 1.165) is 12.8 Å². The molecule has 7 heteroatoms. The minimum absolute atomic E-state index is 0.0215. The molecule has 1 N–H and O–H groups in total. The number of carbonyl (C=O) groups excluding carboxylic acids is 2. The number of hydrogen-bond acceptors (Lipinski definition) is 5. The Morgan fingerprint density at radius 3 is 2.44 bits per heavy atom. The second-order valence-electron chi connectivity index (χ2n) is 6.59. The molecule has 7 nitrogen and oxygen atoms in total. The number of methoxy groups -OCH3 is 1. The van der Waals surface area contributed by atoms with Crippen LogP contribution in [-0.2, 0) is 9.53 Å². The quantitative estimate of drug-likeness (QED) is 0.887. The minimum Gasteiger partial charge on any atom is -0.508 e. The zero-order valence-electron chi connectivity index (χ0n) is 14.3. The minimum atomic E-state index is -0.493. The van der Waals surface area contributed by atoms with Crippen LogP contribution in [0.5, 0.6) is 5.75 Å². The van der Waals surface area contributed by atoms with Crippen LogP contribution in [0.3, 0.4) is 0 Å². The summed E-state index contributed by atoms with van der Waals surface area (Å²) in [4.78, 5) is 28.8. The normalized spacial score (nSPS) is 23.2. The number of carbonyl (C=O) groups is 2. The largest absolute Gasteiger partial charge is 0.508 e. The third-order valence-corrected chi connectivity index (χ3v) is 5.07. The van der Waals surface area contributed by atoms with Crippen molar-refractivity contribution >= 4 is 11.8 Å². The number of phenolic OH excluding ortho intramolecular Hbond substituents is 1. The van der Waals surface area contributed by atoms with Gasteiger partial charge in [0.2, 0.25) is 0 Å². The van der Waals surface area contributed by atoms with E-state index in [1.165, 1.54) is 25.3 Å². The third kappa shape index (κ3) is 3.17. The number of piperazine rings is 1. The standard InChI is InChI=1S/C18H21N3O4/c1-11(25-2)17(23)20-9-15-4-3-14(20)10-21(15)18(24)13-5-12(8-19)6-16(22)7-13/h5-7,11,14-15,22H,3-4,9-10H2,1-2H3. The van der Waals surface area contributed by atoms with Crippen molar-refractivity contribution in [1.29, 1.82) is 5.26 Å². The van der Waals surface area contributed by atoms with Gasteiger partial charge in [-0.2, -0.15) is 5.26 Å². The number of nitriles is 1. The van der Waals surface area contributed by atoms with E-state index in [4.69, 9.17) is 10.00 Å². The lowest BCUT2D eigenvalue weighted by Gasteiger charge is -2.51. The Morgan fingerprint density at radius 2 is 1.88 bits per heavy atom. The zero-order chi connectivity index (χ0) is 18.1. The maximum Gasteiger partial charge on any atom is 0.254 e. The fourth-order valence-electron chi connectivity index (χ4n) is 3.65. The van der Waals surface area contributed by atoms with Crippen LogP contribution >= 0.6 is 0 Å². The summed E-state index contributed by atoms with van der Waals surface area (Å²) in [7, 11) is 1.51. The van der Waals surface area contributed by atoms with Gasteiger partial charge >= 0.3 is 0 Å². The highest BCUT2D eigenvalue weighted by Gasteiger charge is 2.43. The molecule has 3 fully saturated rings. The molecule has 3 aliphatic rings. The number of rotatable bonds is 3. The van der Waals surface area contributed by atoms with Crippen LogP contribution in [0.4, 0.5) is 0 Å². The first-order valence-corrected chi connectivity index (χ1v) is 8.33. The molecule has 2 bridgehead atoms. The van der Waals surface area contributed by atoms with E-state index in [1.807, 2.05) is 11.0 Å². The Kier molecular flexibility index (Phi) is 4.64. The van der Waals surface area contributed by atoms with Gasteiger partial charge in [0.05, 0.1) is 11.6 Å². The summed E-state index contributed by atoms with van der Waals surface area (Å²) in [6, 6.07) is 6.05. The van der Waals surface area contributed by atoms with Gasteiger partial charge < -0.3 is 19.6 Å². The maximum absolute atomic E-state index is 12.9. The highest BCUT2D eigenvalue weighted by Crippen LogP contribution is 2.31. The Labute approximate surface area is 146 Å². The number of piperidine rings is 2. The first kappa shape index (κ1) is 17.2. The Hall–Kier alpha value is -2.59. The lowest BCUT2D eigenvalue weighted by atomic mass is 9.89. The fraction of sp³-hybridized carbons (Fsp3) is 0.500. The van der Waals surface area contributed by atoms with Gasteiger partial charge in [-0.15, -0.1) is 0 Å². The van der Waals surface area contributed by atoms with Crippen molar-refractivity contribution in [2.45, 2.75) is 38.0 Å². The summed E-state index contributed by atoms with van der Waals surface area (Å²) in [5.74, 6) is -0.363. The van der Waals surface area contributed by atoms with Crippen molar-refractivity contribution in [3.05, 3.63) is 29.3 Å². The molecule has 25 heavy (non-hydrogen) atoms. The highest BCUT2D eigenvalue weighted by molar-refractivity contribution is 5.95. The summed E-state index contributed by atoms with van der Waals surface area (Å²) in [6.07, 6.45) is 1.21. The number of benzene rings is 1. The lowest BCUT2D eigenvalue weighted by molar-refractivity contribution is -0.150. The van der Waals surface area contributed by atoms with Crippen LogP contribution in [0.25, 0.3) is 0 Å². The van der Waals surface area contributed by atoms with Crippen molar-refractivity contribution in [2.75, 3.05) is 20.2 Å². The van der Waals surface area contributed by atoms with Crippen LogP contribution in [0, 0.1) is 11.3 Å². The molecule has 3 atom stereocenters. The molecule has 1 aromatic carbocycles. The molecule has 132 valence electrons. The van der Waals surface area contributed by atoms with Gasteiger partial charge in [0, 0.05) is 37.8 Å². The molecule has 4 rings (SSSR count). The van der Waals surface area contributed by atoms with E-state index in [1.54, 1.807) is 11.8 Å². The highest BCUT2D eigenvalue weighted by atomic mass is 16.5. The van der Waals surface area contributed by atoms with Crippen LogP contribution < -0.4 is 0 Å². The second kappa shape index (κ2) is 6.73.